The van der Waals surface area contributed by atoms with Crippen molar-refractivity contribution < 1.29 is 9.46 Å². The van der Waals surface area contributed by atoms with Crippen molar-refractivity contribution in [2.24, 2.45) is 0 Å². The van der Waals surface area contributed by atoms with Crippen LogP contribution in [0, 0.1) is 0 Å². The molecule has 2 aromatic rings. The molecule has 2 nitrogen and oxygen atoms in total. The molecule has 0 radical (unpaired) electrons. The van der Waals surface area contributed by atoms with Crippen molar-refractivity contribution in [2.45, 2.75) is 57.3 Å². The number of hydrogen-bond donors (Lipinski definition) is 0. The standard InChI is InChI=1S/C21H28O2Si/c1-4-24(5-2,6-3)23-22-21(19-13-8-7-9-14-19)17-16-18-12-10-11-15-20(18)21/h7-15H,4-6,16-17H2,1-3H3/t21-/m0/s1. The van der Waals surface area contributed by atoms with Gasteiger partial charge in [-0.15, -0.1) is 0 Å². The number of aryl methyl sites for hydroxylation is 1. The van der Waals surface area contributed by atoms with Crippen molar-refractivity contribution in [3.8, 4) is 0 Å². The van der Waals surface area contributed by atoms with Crippen LogP contribution < -0.4 is 0 Å². The fraction of sp³-hybridized carbons (Fsp3) is 0.429. The highest BCUT2D eigenvalue weighted by molar-refractivity contribution is 6.73. The average molecular weight is 341 g/mol. The van der Waals surface area contributed by atoms with Crippen molar-refractivity contribution in [3.63, 3.8) is 0 Å². The molecule has 0 fully saturated rings. The molecule has 0 N–H and O–H groups in total. The molecule has 0 amide bonds. The summed E-state index contributed by atoms with van der Waals surface area (Å²) in [5.41, 5.74) is 3.38. The Labute approximate surface area is 146 Å². The van der Waals surface area contributed by atoms with Gasteiger partial charge in [-0.1, -0.05) is 75.4 Å². The normalized spacial score (nSPS) is 20.1. The lowest BCUT2D eigenvalue weighted by Gasteiger charge is -2.35. The van der Waals surface area contributed by atoms with Crippen LogP contribution in [-0.4, -0.2) is 8.32 Å². The van der Waals surface area contributed by atoms with Crippen molar-refractivity contribution in [1.82, 2.24) is 0 Å². The van der Waals surface area contributed by atoms with E-state index in [1.165, 1.54) is 16.7 Å². The second-order valence-corrected chi connectivity index (χ2v) is 11.4. The van der Waals surface area contributed by atoms with Gasteiger partial charge in [-0.25, -0.2) is 4.89 Å². The van der Waals surface area contributed by atoms with Crippen LogP contribution in [0.15, 0.2) is 54.6 Å². The molecule has 0 unspecified atom stereocenters. The van der Waals surface area contributed by atoms with E-state index in [4.69, 9.17) is 9.46 Å². The first kappa shape index (κ1) is 17.4. The van der Waals surface area contributed by atoms with Crippen LogP contribution in [0.5, 0.6) is 0 Å². The third-order valence-corrected chi connectivity index (χ3v) is 10.0. The Morgan fingerprint density at radius 2 is 1.50 bits per heavy atom. The molecule has 0 bridgehead atoms. The van der Waals surface area contributed by atoms with Gasteiger partial charge in [0.2, 0.25) is 8.32 Å². The zero-order valence-electron chi connectivity index (χ0n) is 15.0. The Bertz CT molecular complexity index is 658. The summed E-state index contributed by atoms with van der Waals surface area (Å²) in [6.07, 6.45) is 1.98. The molecular formula is C21H28O2Si. The summed E-state index contributed by atoms with van der Waals surface area (Å²) in [4.78, 5) is 6.40. The Balaban J connectivity index is 2.00. The van der Waals surface area contributed by atoms with Gasteiger partial charge >= 0.3 is 0 Å². The molecule has 0 heterocycles. The summed E-state index contributed by atoms with van der Waals surface area (Å²) in [6.45, 7) is 6.71. The van der Waals surface area contributed by atoms with Gasteiger partial charge in [0.25, 0.3) is 0 Å². The molecule has 3 rings (SSSR count). The zero-order chi connectivity index (χ0) is 17.0. The third-order valence-electron chi connectivity index (χ3n) is 5.73. The van der Waals surface area contributed by atoms with E-state index >= 15 is 0 Å². The zero-order valence-corrected chi connectivity index (χ0v) is 16.0. The maximum absolute atomic E-state index is 6.40. The van der Waals surface area contributed by atoms with Gasteiger partial charge in [0.15, 0.2) is 5.60 Å². The molecule has 2 aromatic carbocycles. The molecule has 128 valence electrons. The highest BCUT2D eigenvalue weighted by Crippen LogP contribution is 2.46. The van der Waals surface area contributed by atoms with Crippen LogP contribution in [0.2, 0.25) is 18.1 Å². The first-order chi connectivity index (χ1) is 11.7. The summed E-state index contributed by atoms with van der Waals surface area (Å²) in [7, 11) is -1.81. The maximum atomic E-state index is 6.40. The van der Waals surface area contributed by atoms with Gasteiger partial charge in [0.05, 0.1) is 0 Å². The summed E-state index contributed by atoms with van der Waals surface area (Å²) < 4.78 is 6.31. The fourth-order valence-electron chi connectivity index (χ4n) is 3.81. The second-order valence-electron chi connectivity index (χ2n) is 6.76. The van der Waals surface area contributed by atoms with Crippen LogP contribution in [0.3, 0.4) is 0 Å². The topological polar surface area (TPSA) is 18.5 Å². The smallest absolute Gasteiger partial charge is 0.238 e. The molecule has 1 atom stereocenters. The minimum Gasteiger partial charge on any atom is -0.285 e. The van der Waals surface area contributed by atoms with Crippen molar-refractivity contribution in [2.75, 3.05) is 0 Å². The van der Waals surface area contributed by atoms with Crippen molar-refractivity contribution in [3.05, 3.63) is 71.3 Å². The number of rotatable bonds is 7. The highest BCUT2D eigenvalue weighted by Gasteiger charge is 2.45. The lowest BCUT2D eigenvalue weighted by molar-refractivity contribution is -0.294. The van der Waals surface area contributed by atoms with Crippen LogP contribution in [0.4, 0.5) is 0 Å². The van der Waals surface area contributed by atoms with Gasteiger partial charge in [0.1, 0.15) is 0 Å². The van der Waals surface area contributed by atoms with E-state index in [2.05, 4.69) is 75.4 Å². The number of benzene rings is 2. The van der Waals surface area contributed by atoms with Crippen LogP contribution in [0.1, 0.15) is 43.9 Å². The molecule has 1 aliphatic rings. The predicted octanol–water partition coefficient (Wildman–Crippen LogP) is 5.83. The monoisotopic (exact) mass is 340 g/mol. The lowest BCUT2D eigenvalue weighted by Crippen LogP contribution is -2.40. The summed E-state index contributed by atoms with van der Waals surface area (Å²) >= 11 is 0. The fourth-order valence-corrected chi connectivity index (χ4v) is 5.98. The quantitative estimate of drug-likeness (QED) is 0.359. The van der Waals surface area contributed by atoms with E-state index in [1.807, 2.05) is 0 Å². The van der Waals surface area contributed by atoms with Crippen LogP contribution in [-0.2, 0) is 21.5 Å². The molecular weight excluding hydrogens is 312 g/mol. The minimum absolute atomic E-state index is 0.463. The van der Waals surface area contributed by atoms with Gasteiger partial charge in [0, 0.05) is 0 Å². The Morgan fingerprint density at radius 1 is 0.875 bits per heavy atom. The first-order valence-corrected chi connectivity index (χ1v) is 11.7. The number of fused-ring (bicyclic) bond motifs is 1. The highest BCUT2D eigenvalue weighted by atomic mass is 28.4. The number of hydrogen-bond acceptors (Lipinski definition) is 2. The molecule has 0 aliphatic heterocycles. The molecule has 0 saturated carbocycles. The Morgan fingerprint density at radius 3 is 2.17 bits per heavy atom. The first-order valence-electron chi connectivity index (χ1n) is 9.20. The average Bonchev–Trinajstić information content (AvgIpc) is 3.04. The minimum atomic E-state index is -1.81. The van der Waals surface area contributed by atoms with Gasteiger partial charge < -0.3 is 0 Å². The van der Waals surface area contributed by atoms with Crippen molar-refractivity contribution in [1.29, 1.82) is 0 Å². The molecule has 24 heavy (non-hydrogen) atoms. The molecule has 0 aromatic heterocycles. The second kappa shape index (κ2) is 7.22. The van der Waals surface area contributed by atoms with E-state index in [0.717, 1.165) is 31.0 Å². The molecule has 3 heteroatoms. The predicted molar refractivity (Wildman–Crippen MR) is 101 cm³/mol. The van der Waals surface area contributed by atoms with Gasteiger partial charge in [-0.2, -0.15) is 0 Å². The van der Waals surface area contributed by atoms with Crippen molar-refractivity contribution >= 4 is 8.32 Å². The SMILES string of the molecule is CC[Si](CC)(CC)OO[C@]1(c2ccccc2)CCc2ccccc21. The lowest BCUT2D eigenvalue weighted by atomic mass is 9.88. The van der Waals surface area contributed by atoms with E-state index in [1.54, 1.807) is 0 Å². The third kappa shape index (κ3) is 2.96. The van der Waals surface area contributed by atoms with Crippen LogP contribution >= 0.6 is 0 Å². The summed E-state index contributed by atoms with van der Waals surface area (Å²) in [5.74, 6) is 0. The molecule has 0 spiro atoms. The van der Waals surface area contributed by atoms with E-state index in [0.29, 0.717) is 0 Å². The summed E-state index contributed by atoms with van der Waals surface area (Å²) in [6, 6.07) is 22.5. The van der Waals surface area contributed by atoms with E-state index < -0.39 is 13.9 Å². The maximum Gasteiger partial charge on any atom is 0.238 e. The van der Waals surface area contributed by atoms with Gasteiger partial charge in [-0.05, 0) is 47.7 Å². The summed E-state index contributed by atoms with van der Waals surface area (Å²) in [5, 5.41) is 0. The largest absolute Gasteiger partial charge is 0.285 e. The van der Waals surface area contributed by atoms with E-state index in [9.17, 15) is 0 Å². The van der Waals surface area contributed by atoms with E-state index in [-0.39, 0.29) is 0 Å². The molecule has 0 saturated heterocycles. The Kier molecular flexibility index (Phi) is 5.23. The van der Waals surface area contributed by atoms with Crippen LogP contribution in [0.25, 0.3) is 0 Å². The van der Waals surface area contributed by atoms with Gasteiger partial charge in [-0.3, -0.25) is 4.58 Å². The Hall–Kier alpha value is -1.42. The molecule has 1 aliphatic carbocycles.